The molecule has 142 valence electrons. The maximum absolute atomic E-state index is 12.1. The molecular weight excluding hydrogens is 380 g/mol. The molecule has 0 saturated carbocycles. The first-order valence-corrected chi connectivity index (χ1v) is 7.86. The van der Waals surface area contributed by atoms with Crippen molar-refractivity contribution in [3.8, 4) is 11.5 Å². The van der Waals surface area contributed by atoms with E-state index in [1.54, 1.807) is 0 Å². The molecule has 2 aromatic carbocycles. The molecule has 0 fully saturated rings. The molecule has 0 aliphatic carbocycles. The summed E-state index contributed by atoms with van der Waals surface area (Å²) in [4.78, 5) is 34.0. The third-order valence-corrected chi connectivity index (χ3v) is 3.65. The van der Waals surface area contributed by atoms with Gasteiger partial charge in [-0.05, 0) is 24.3 Å². The number of benzene rings is 2. The number of carbonyl (C=O) groups is 2. The number of nitro groups is 1. The summed E-state index contributed by atoms with van der Waals surface area (Å²) in [6.45, 7) is -0.554. The van der Waals surface area contributed by atoms with Gasteiger partial charge in [-0.1, -0.05) is 11.6 Å². The van der Waals surface area contributed by atoms with Crippen LogP contribution in [0.5, 0.6) is 11.5 Å². The van der Waals surface area contributed by atoms with Crippen LogP contribution < -0.4 is 14.8 Å². The maximum atomic E-state index is 12.1. The Morgan fingerprint density at radius 2 is 1.81 bits per heavy atom. The summed E-state index contributed by atoms with van der Waals surface area (Å²) in [5.74, 6) is -0.876. The van der Waals surface area contributed by atoms with Crippen molar-refractivity contribution in [2.75, 3.05) is 26.1 Å². The van der Waals surface area contributed by atoms with Crippen molar-refractivity contribution < 1.29 is 28.7 Å². The molecule has 2 aromatic rings. The van der Waals surface area contributed by atoms with Gasteiger partial charge in [0, 0.05) is 17.8 Å². The van der Waals surface area contributed by atoms with Crippen LogP contribution in [0.4, 0.5) is 11.4 Å². The molecule has 0 heterocycles. The number of rotatable bonds is 7. The topological polar surface area (TPSA) is 117 Å². The molecule has 27 heavy (non-hydrogen) atoms. The largest absolute Gasteiger partial charge is 0.493 e. The van der Waals surface area contributed by atoms with Crippen LogP contribution in [0.15, 0.2) is 36.4 Å². The number of hydrogen-bond acceptors (Lipinski definition) is 7. The van der Waals surface area contributed by atoms with Gasteiger partial charge in [-0.25, -0.2) is 4.79 Å². The number of hydrogen-bond donors (Lipinski definition) is 1. The third kappa shape index (κ3) is 5.08. The minimum Gasteiger partial charge on any atom is -0.493 e. The number of amides is 1. The number of methoxy groups -OCH3 is 2. The molecule has 0 spiro atoms. The maximum Gasteiger partial charge on any atom is 0.338 e. The molecule has 0 aliphatic rings. The lowest BCUT2D eigenvalue weighted by molar-refractivity contribution is -0.384. The van der Waals surface area contributed by atoms with Crippen molar-refractivity contribution in [2.45, 2.75) is 0 Å². The number of nitro benzene ring substituents is 1. The highest BCUT2D eigenvalue weighted by Crippen LogP contribution is 2.36. The van der Waals surface area contributed by atoms with E-state index in [4.69, 9.17) is 25.8 Å². The summed E-state index contributed by atoms with van der Waals surface area (Å²) < 4.78 is 15.1. The van der Waals surface area contributed by atoms with Gasteiger partial charge in [0.1, 0.15) is 0 Å². The zero-order valence-corrected chi connectivity index (χ0v) is 15.1. The molecule has 1 N–H and O–H groups in total. The van der Waals surface area contributed by atoms with Gasteiger partial charge in [-0.15, -0.1) is 0 Å². The second-order valence-electron chi connectivity index (χ2n) is 5.12. The lowest BCUT2D eigenvalue weighted by atomic mass is 10.2. The van der Waals surface area contributed by atoms with Crippen LogP contribution in [0.2, 0.25) is 5.02 Å². The number of nitrogens with zero attached hydrogens (tertiary/aromatic N) is 1. The second kappa shape index (κ2) is 8.86. The van der Waals surface area contributed by atoms with Gasteiger partial charge < -0.3 is 19.5 Å². The molecule has 0 aliphatic heterocycles. The quantitative estimate of drug-likeness (QED) is 0.435. The highest BCUT2D eigenvalue weighted by atomic mass is 35.5. The summed E-state index contributed by atoms with van der Waals surface area (Å²) in [5, 5.41) is 13.2. The average Bonchev–Trinajstić information content (AvgIpc) is 2.65. The Bertz CT molecular complexity index is 868. The standard InChI is InChI=1S/C17H15ClN2O7/c1-25-14-8-10(7-13(18)16(14)26-2)17(22)27-9-15(21)19-11-3-5-12(6-4-11)20(23)24/h3-8H,9H2,1-2H3,(H,19,21). The average molecular weight is 395 g/mol. The van der Waals surface area contributed by atoms with Gasteiger partial charge in [-0.2, -0.15) is 0 Å². The van der Waals surface area contributed by atoms with E-state index in [1.807, 2.05) is 0 Å². The molecule has 0 atom stereocenters. The van der Waals surface area contributed by atoms with Gasteiger partial charge in [0.2, 0.25) is 0 Å². The fraction of sp³-hybridized carbons (Fsp3) is 0.176. The number of nitrogens with one attached hydrogen (secondary N) is 1. The van der Waals surface area contributed by atoms with E-state index in [9.17, 15) is 19.7 Å². The summed E-state index contributed by atoms with van der Waals surface area (Å²) in [5.41, 5.74) is 0.307. The van der Waals surface area contributed by atoms with Crippen LogP contribution in [-0.2, 0) is 9.53 Å². The van der Waals surface area contributed by atoms with Gasteiger partial charge >= 0.3 is 5.97 Å². The van der Waals surface area contributed by atoms with Crippen molar-refractivity contribution in [1.82, 2.24) is 0 Å². The highest BCUT2D eigenvalue weighted by Gasteiger charge is 2.17. The first kappa shape index (κ1) is 20.0. The van der Waals surface area contributed by atoms with Crippen LogP contribution in [0.25, 0.3) is 0 Å². The van der Waals surface area contributed by atoms with E-state index in [-0.39, 0.29) is 27.8 Å². The molecule has 0 unspecified atom stereocenters. The summed E-state index contributed by atoms with van der Waals surface area (Å²) in [7, 11) is 2.80. The lowest BCUT2D eigenvalue weighted by Crippen LogP contribution is -2.21. The normalized spacial score (nSPS) is 10.0. The highest BCUT2D eigenvalue weighted by molar-refractivity contribution is 6.32. The first-order chi connectivity index (χ1) is 12.8. The molecule has 2 rings (SSSR count). The van der Waals surface area contributed by atoms with Crippen molar-refractivity contribution in [3.05, 3.63) is 57.1 Å². The summed E-state index contributed by atoms with van der Waals surface area (Å²) in [6.07, 6.45) is 0. The van der Waals surface area contributed by atoms with Gasteiger partial charge in [0.15, 0.2) is 18.1 Å². The molecule has 0 aromatic heterocycles. The van der Waals surface area contributed by atoms with Crippen molar-refractivity contribution in [1.29, 1.82) is 0 Å². The van der Waals surface area contributed by atoms with Crippen molar-refractivity contribution >= 4 is 34.9 Å². The van der Waals surface area contributed by atoms with Crippen LogP contribution in [0.1, 0.15) is 10.4 Å². The molecule has 0 radical (unpaired) electrons. The fourth-order valence-electron chi connectivity index (χ4n) is 2.11. The first-order valence-electron chi connectivity index (χ1n) is 7.48. The van der Waals surface area contributed by atoms with Crippen LogP contribution >= 0.6 is 11.6 Å². The number of halogens is 1. The Hall–Kier alpha value is -3.33. The van der Waals surface area contributed by atoms with Crippen LogP contribution in [-0.4, -0.2) is 37.6 Å². The Labute approximate surface area is 158 Å². The van der Waals surface area contributed by atoms with E-state index in [2.05, 4.69) is 5.32 Å². The Balaban J connectivity index is 1.97. The van der Waals surface area contributed by atoms with E-state index >= 15 is 0 Å². The van der Waals surface area contributed by atoms with E-state index in [0.29, 0.717) is 5.69 Å². The Morgan fingerprint density at radius 3 is 2.37 bits per heavy atom. The number of esters is 1. The lowest BCUT2D eigenvalue weighted by Gasteiger charge is -2.11. The van der Waals surface area contributed by atoms with Crippen LogP contribution in [0, 0.1) is 10.1 Å². The SMILES string of the molecule is COc1cc(C(=O)OCC(=O)Nc2ccc([N+](=O)[O-])cc2)cc(Cl)c1OC. The number of anilines is 1. The number of non-ortho nitro benzene ring substituents is 1. The number of carbonyl (C=O) groups excluding carboxylic acids is 2. The predicted octanol–water partition coefficient (Wildman–Crippen LogP) is 3.06. The zero-order valence-electron chi connectivity index (χ0n) is 14.4. The fourth-order valence-corrected chi connectivity index (χ4v) is 2.40. The summed E-state index contributed by atoms with van der Waals surface area (Å²) in [6, 6.07) is 7.93. The molecule has 0 saturated heterocycles. The van der Waals surface area contributed by atoms with Gasteiger partial charge in [-0.3, -0.25) is 14.9 Å². The molecule has 0 bridgehead atoms. The third-order valence-electron chi connectivity index (χ3n) is 3.37. The van der Waals surface area contributed by atoms with Crippen molar-refractivity contribution in [3.63, 3.8) is 0 Å². The molecule has 1 amide bonds. The Kier molecular flexibility index (Phi) is 6.56. The summed E-state index contributed by atoms with van der Waals surface area (Å²) >= 11 is 6.02. The minimum absolute atomic E-state index is 0.0841. The van der Waals surface area contributed by atoms with Crippen molar-refractivity contribution in [2.24, 2.45) is 0 Å². The van der Waals surface area contributed by atoms with E-state index in [0.717, 1.165) is 0 Å². The smallest absolute Gasteiger partial charge is 0.338 e. The van der Waals surface area contributed by atoms with Gasteiger partial charge in [0.25, 0.3) is 11.6 Å². The molecule has 10 heteroatoms. The Morgan fingerprint density at radius 1 is 1.15 bits per heavy atom. The number of ether oxygens (including phenoxy) is 3. The molecule has 9 nitrogen and oxygen atoms in total. The van der Waals surface area contributed by atoms with E-state index in [1.165, 1.54) is 50.6 Å². The van der Waals surface area contributed by atoms with E-state index < -0.39 is 23.4 Å². The second-order valence-corrected chi connectivity index (χ2v) is 5.53. The minimum atomic E-state index is -0.781. The monoisotopic (exact) mass is 394 g/mol. The zero-order chi connectivity index (χ0) is 20.0. The molecular formula is C17H15ClN2O7. The van der Waals surface area contributed by atoms with Gasteiger partial charge in [0.05, 0.1) is 29.7 Å². The van der Waals surface area contributed by atoms with Crippen LogP contribution in [0.3, 0.4) is 0 Å². The predicted molar refractivity (Wildman–Crippen MR) is 96.6 cm³/mol.